The first kappa shape index (κ1) is 11.6. The number of carbonyl (C=O) groups excluding carboxylic acids is 1. The topological polar surface area (TPSA) is 46.1 Å². The predicted molar refractivity (Wildman–Crippen MR) is 63.8 cm³/mol. The van der Waals surface area contributed by atoms with E-state index in [0.717, 1.165) is 23.4 Å². The van der Waals surface area contributed by atoms with Crippen LogP contribution in [0.25, 0.3) is 0 Å². The van der Waals surface area contributed by atoms with Crippen molar-refractivity contribution in [3.63, 3.8) is 0 Å². The summed E-state index contributed by atoms with van der Waals surface area (Å²) in [6, 6.07) is 0. The van der Waals surface area contributed by atoms with Crippen LogP contribution in [0.1, 0.15) is 29.8 Å². The molecule has 5 heteroatoms. The van der Waals surface area contributed by atoms with Crippen molar-refractivity contribution < 1.29 is 9.18 Å². The van der Waals surface area contributed by atoms with Gasteiger partial charge in [0.2, 0.25) is 0 Å². The quantitative estimate of drug-likeness (QED) is 0.751. The van der Waals surface area contributed by atoms with Crippen LogP contribution in [0.5, 0.6) is 0 Å². The summed E-state index contributed by atoms with van der Waals surface area (Å²) in [6.07, 6.45) is 3.75. The second-order valence-electron chi connectivity index (χ2n) is 5.14. The van der Waals surface area contributed by atoms with Gasteiger partial charge in [-0.1, -0.05) is 0 Å². The molecule has 4 nitrogen and oxygen atoms in total. The third-order valence-electron chi connectivity index (χ3n) is 3.86. The Morgan fingerprint density at radius 3 is 2.78 bits per heavy atom. The molecule has 18 heavy (non-hydrogen) atoms. The zero-order chi connectivity index (χ0) is 12.8. The molecule has 1 aromatic heterocycles. The third-order valence-corrected chi connectivity index (χ3v) is 3.86. The smallest absolute Gasteiger partial charge is 0.260 e. The van der Waals surface area contributed by atoms with Gasteiger partial charge in [0.05, 0.1) is 0 Å². The molecule has 1 aliphatic carbocycles. The molecule has 96 valence electrons. The minimum atomic E-state index is -1.56. The van der Waals surface area contributed by atoms with Crippen LogP contribution in [0, 0.1) is 6.92 Å². The number of hydrogen-bond acceptors (Lipinski definition) is 3. The highest BCUT2D eigenvalue weighted by atomic mass is 19.1. The summed E-state index contributed by atoms with van der Waals surface area (Å²) in [4.78, 5) is 22.1. The highest BCUT2D eigenvalue weighted by Crippen LogP contribution is 2.41. The van der Waals surface area contributed by atoms with Crippen LogP contribution in [-0.2, 0) is 17.6 Å². The van der Waals surface area contributed by atoms with E-state index >= 15 is 0 Å². The molecule has 2 heterocycles. The fraction of sp³-hybridized carbons (Fsp3) is 0.615. The number of alkyl halides is 1. The molecule has 3 rings (SSSR count). The van der Waals surface area contributed by atoms with Gasteiger partial charge in [0.1, 0.15) is 6.33 Å². The molecule has 1 fully saturated rings. The van der Waals surface area contributed by atoms with E-state index in [1.807, 2.05) is 6.92 Å². The zero-order valence-electron chi connectivity index (χ0n) is 10.4. The van der Waals surface area contributed by atoms with Crippen LogP contribution in [0.3, 0.4) is 0 Å². The van der Waals surface area contributed by atoms with Gasteiger partial charge in [0.15, 0.2) is 5.67 Å². The molecule has 0 N–H and O–H groups in total. The highest BCUT2D eigenvalue weighted by molar-refractivity contribution is 5.88. The molecule has 0 spiro atoms. The third kappa shape index (κ3) is 1.87. The molecule has 0 bridgehead atoms. The average Bonchev–Trinajstić information content (AvgIpc) is 3.12. The van der Waals surface area contributed by atoms with Crippen molar-refractivity contribution in [3.8, 4) is 0 Å². The predicted octanol–water partition coefficient (Wildman–Crippen LogP) is 1.21. The average molecular weight is 249 g/mol. The largest absolute Gasteiger partial charge is 0.339 e. The molecule has 1 aliphatic heterocycles. The second-order valence-corrected chi connectivity index (χ2v) is 5.14. The number of nitrogens with zero attached hydrogens (tertiary/aromatic N) is 3. The first-order valence-electron chi connectivity index (χ1n) is 6.38. The number of aromatic nitrogens is 2. The van der Waals surface area contributed by atoms with Gasteiger partial charge < -0.3 is 4.90 Å². The Morgan fingerprint density at radius 1 is 1.33 bits per heavy atom. The fourth-order valence-electron chi connectivity index (χ4n) is 2.50. The number of rotatable bonds is 1. The summed E-state index contributed by atoms with van der Waals surface area (Å²) < 4.78 is 13.8. The number of carbonyl (C=O) groups is 1. The van der Waals surface area contributed by atoms with Gasteiger partial charge in [-0.05, 0) is 31.7 Å². The standard InChI is InChI=1S/C13H16FN3O/c1-9-10-2-6-17(12(18)13(14)4-5-13)7-3-11(10)16-8-15-9/h8H,2-7H2,1H3. The Bertz CT molecular complexity index is 499. The Labute approximate surface area is 105 Å². The highest BCUT2D eigenvalue weighted by Gasteiger charge is 2.52. The van der Waals surface area contributed by atoms with Crippen LogP contribution in [-0.4, -0.2) is 39.5 Å². The number of fused-ring (bicyclic) bond motifs is 1. The van der Waals surface area contributed by atoms with E-state index in [0.29, 0.717) is 32.4 Å². The molecule has 1 saturated carbocycles. The summed E-state index contributed by atoms with van der Waals surface area (Å²) >= 11 is 0. The van der Waals surface area contributed by atoms with Gasteiger partial charge in [-0.3, -0.25) is 4.79 Å². The molecule has 1 amide bonds. The van der Waals surface area contributed by atoms with Crippen LogP contribution in [0.15, 0.2) is 6.33 Å². The Kier molecular flexibility index (Phi) is 2.57. The Hall–Kier alpha value is -1.52. The Balaban J connectivity index is 1.79. The Morgan fingerprint density at radius 2 is 2.06 bits per heavy atom. The van der Waals surface area contributed by atoms with Crippen LogP contribution >= 0.6 is 0 Å². The first-order valence-corrected chi connectivity index (χ1v) is 6.38. The number of aryl methyl sites for hydroxylation is 1. The molecular formula is C13H16FN3O. The van der Waals surface area contributed by atoms with E-state index in [1.165, 1.54) is 0 Å². The first-order chi connectivity index (χ1) is 8.60. The van der Waals surface area contributed by atoms with Gasteiger partial charge in [-0.15, -0.1) is 0 Å². The van der Waals surface area contributed by atoms with Crippen molar-refractivity contribution in [1.82, 2.24) is 14.9 Å². The SMILES string of the molecule is Cc1ncnc2c1CCN(C(=O)C1(F)CC1)CC2. The number of hydrogen-bond donors (Lipinski definition) is 0. The van der Waals surface area contributed by atoms with Gasteiger partial charge in [0, 0.05) is 30.9 Å². The minimum absolute atomic E-state index is 0.332. The normalized spacial score (nSPS) is 21.1. The second kappa shape index (κ2) is 4.00. The summed E-state index contributed by atoms with van der Waals surface area (Å²) in [6.45, 7) is 3.09. The van der Waals surface area contributed by atoms with Crippen molar-refractivity contribution in [1.29, 1.82) is 0 Å². The van der Waals surface area contributed by atoms with Crippen molar-refractivity contribution >= 4 is 5.91 Å². The van der Waals surface area contributed by atoms with E-state index in [9.17, 15) is 9.18 Å². The van der Waals surface area contributed by atoms with Gasteiger partial charge in [-0.25, -0.2) is 14.4 Å². The number of amides is 1. The summed E-state index contributed by atoms with van der Waals surface area (Å²) in [5.41, 5.74) is 1.53. The van der Waals surface area contributed by atoms with Crippen molar-refractivity contribution in [2.75, 3.05) is 13.1 Å². The molecule has 0 aromatic carbocycles. The van der Waals surface area contributed by atoms with E-state index in [4.69, 9.17) is 0 Å². The molecule has 2 aliphatic rings. The molecule has 0 saturated heterocycles. The van der Waals surface area contributed by atoms with E-state index < -0.39 is 5.67 Å². The molecular weight excluding hydrogens is 233 g/mol. The van der Waals surface area contributed by atoms with Crippen molar-refractivity contribution in [2.24, 2.45) is 0 Å². The lowest BCUT2D eigenvalue weighted by molar-refractivity contribution is -0.138. The molecule has 0 atom stereocenters. The number of halogens is 1. The van der Waals surface area contributed by atoms with Gasteiger partial charge in [-0.2, -0.15) is 0 Å². The van der Waals surface area contributed by atoms with Crippen LogP contribution in [0.4, 0.5) is 4.39 Å². The monoisotopic (exact) mass is 249 g/mol. The summed E-state index contributed by atoms with van der Waals surface area (Å²) in [7, 11) is 0. The lowest BCUT2D eigenvalue weighted by Crippen LogP contribution is -2.40. The molecule has 0 radical (unpaired) electrons. The van der Waals surface area contributed by atoms with Gasteiger partial charge >= 0.3 is 0 Å². The molecule has 1 aromatic rings. The lowest BCUT2D eigenvalue weighted by atomic mass is 10.1. The van der Waals surface area contributed by atoms with E-state index in [1.54, 1.807) is 11.2 Å². The van der Waals surface area contributed by atoms with Crippen LogP contribution in [0.2, 0.25) is 0 Å². The van der Waals surface area contributed by atoms with Crippen LogP contribution < -0.4 is 0 Å². The summed E-state index contributed by atoms with van der Waals surface area (Å²) in [5, 5.41) is 0. The maximum Gasteiger partial charge on any atom is 0.260 e. The van der Waals surface area contributed by atoms with Crippen molar-refractivity contribution in [3.05, 3.63) is 23.3 Å². The van der Waals surface area contributed by atoms with Crippen molar-refractivity contribution in [2.45, 2.75) is 38.3 Å². The van der Waals surface area contributed by atoms with E-state index in [-0.39, 0.29) is 5.91 Å². The minimum Gasteiger partial charge on any atom is -0.339 e. The molecule has 0 unspecified atom stereocenters. The van der Waals surface area contributed by atoms with E-state index in [2.05, 4.69) is 9.97 Å². The maximum atomic E-state index is 13.8. The van der Waals surface area contributed by atoms with Gasteiger partial charge in [0.25, 0.3) is 5.91 Å². The summed E-state index contributed by atoms with van der Waals surface area (Å²) in [5.74, 6) is -0.332. The lowest BCUT2D eigenvalue weighted by Gasteiger charge is -2.21. The fourth-order valence-corrected chi connectivity index (χ4v) is 2.50. The maximum absolute atomic E-state index is 13.8. The zero-order valence-corrected chi connectivity index (χ0v) is 10.4.